The molecule has 0 radical (unpaired) electrons. The molecule has 1 aromatic heterocycles. The van der Waals surface area contributed by atoms with Gasteiger partial charge in [0, 0.05) is 12.1 Å². The largest absolute Gasteiger partial charge is 0.673 e. The van der Waals surface area contributed by atoms with Gasteiger partial charge in [0.05, 0.1) is 12.0 Å². The van der Waals surface area contributed by atoms with Crippen molar-refractivity contribution in [3.63, 3.8) is 0 Å². The summed E-state index contributed by atoms with van der Waals surface area (Å²) in [5, 5.41) is 10.5. The zero-order valence-corrected chi connectivity index (χ0v) is 11.0. The summed E-state index contributed by atoms with van der Waals surface area (Å²) in [5.41, 5.74) is 1.17. The van der Waals surface area contributed by atoms with Crippen LogP contribution in [0.2, 0.25) is 0 Å². The maximum Gasteiger partial charge on any atom is 0.673 e. The molecule has 21 heavy (non-hydrogen) atoms. The fourth-order valence-corrected chi connectivity index (χ4v) is 1.53. The minimum Gasteiger partial charge on any atom is -0.418 e. The van der Waals surface area contributed by atoms with Gasteiger partial charge in [-0.05, 0) is 17.7 Å². The van der Waals surface area contributed by atoms with Crippen LogP contribution in [0.15, 0.2) is 43.0 Å². The van der Waals surface area contributed by atoms with Crippen molar-refractivity contribution in [2.45, 2.75) is 6.54 Å². The number of hydrogen-bond acceptors (Lipinski definition) is 2. The van der Waals surface area contributed by atoms with Gasteiger partial charge >= 0.3 is 7.25 Å². The molecule has 1 aromatic carbocycles. The molecule has 0 aliphatic carbocycles. The normalized spacial score (nSPS) is 10.7. The van der Waals surface area contributed by atoms with Crippen molar-refractivity contribution in [1.29, 1.82) is 0 Å². The highest BCUT2D eigenvalue weighted by Crippen LogP contribution is 2.12. The number of halogens is 4. The maximum atomic E-state index is 10.5. The van der Waals surface area contributed by atoms with Crippen LogP contribution in [0.4, 0.5) is 23.0 Å². The quantitative estimate of drug-likeness (QED) is 0.288. The lowest BCUT2D eigenvalue weighted by Gasteiger charge is -1.97. The Bertz CT molecular complexity index is 592. The standard InChI is InChI=1S/C11H12N3O2.BF4/c1-12-6-7-13(9-12)8-10-2-4-11(5-3-10)14(15)16;2-1(3,4)5/h2-7,9H,8H2,1H3;/q+1;-1. The fraction of sp³-hybridized carbons (Fsp3) is 0.182. The lowest BCUT2D eigenvalue weighted by atomic mass is 10.2. The summed E-state index contributed by atoms with van der Waals surface area (Å²) in [6.07, 6.45) is 5.87. The Labute approximate surface area is 117 Å². The van der Waals surface area contributed by atoms with Crippen molar-refractivity contribution >= 4 is 12.9 Å². The first kappa shape index (κ1) is 16.7. The molecule has 2 aromatic rings. The molecule has 0 aliphatic heterocycles. The third kappa shape index (κ3) is 7.09. The molecule has 0 amide bonds. The van der Waals surface area contributed by atoms with Gasteiger partial charge in [-0.25, -0.2) is 9.13 Å². The predicted molar refractivity (Wildman–Crippen MR) is 68.0 cm³/mol. The van der Waals surface area contributed by atoms with Gasteiger partial charge in [-0.2, -0.15) is 0 Å². The molecular weight excluding hydrogens is 293 g/mol. The highest BCUT2D eigenvalue weighted by Gasteiger charge is 2.20. The molecule has 2 rings (SSSR count). The number of imidazole rings is 1. The number of rotatable bonds is 3. The smallest absolute Gasteiger partial charge is 0.418 e. The Hall–Kier alpha value is -2.39. The second kappa shape index (κ2) is 6.86. The average Bonchev–Trinajstić information content (AvgIpc) is 2.73. The molecule has 0 N–H and O–H groups in total. The molecule has 0 atom stereocenters. The van der Waals surface area contributed by atoms with E-state index in [9.17, 15) is 27.4 Å². The van der Waals surface area contributed by atoms with E-state index in [4.69, 9.17) is 0 Å². The summed E-state index contributed by atoms with van der Waals surface area (Å²) in [6.45, 7) is 0.721. The Kier molecular flexibility index (Phi) is 5.45. The highest BCUT2D eigenvalue weighted by atomic mass is 19.5. The van der Waals surface area contributed by atoms with Crippen LogP contribution in [0, 0.1) is 10.1 Å². The van der Waals surface area contributed by atoms with Crippen molar-refractivity contribution in [1.82, 2.24) is 4.57 Å². The number of benzene rings is 1. The Morgan fingerprint density at radius 2 is 1.76 bits per heavy atom. The van der Waals surface area contributed by atoms with Gasteiger partial charge in [-0.3, -0.25) is 10.1 Å². The molecule has 5 nitrogen and oxygen atoms in total. The lowest BCUT2D eigenvalue weighted by molar-refractivity contribution is -0.671. The van der Waals surface area contributed by atoms with E-state index in [1.807, 2.05) is 34.9 Å². The minimum atomic E-state index is -6.00. The summed E-state index contributed by atoms with van der Waals surface area (Å²) in [4.78, 5) is 10.1. The van der Waals surface area contributed by atoms with E-state index in [2.05, 4.69) is 0 Å². The van der Waals surface area contributed by atoms with Crippen LogP contribution in [0.5, 0.6) is 0 Å². The van der Waals surface area contributed by atoms with E-state index in [1.54, 1.807) is 12.1 Å². The highest BCUT2D eigenvalue weighted by molar-refractivity contribution is 6.50. The van der Waals surface area contributed by atoms with Gasteiger partial charge in [0.15, 0.2) is 0 Å². The molecule has 0 spiro atoms. The van der Waals surface area contributed by atoms with E-state index in [0.29, 0.717) is 0 Å². The molecular formula is C11H12BF4N3O2. The number of aryl methyl sites for hydroxylation is 1. The maximum absolute atomic E-state index is 10.5. The van der Waals surface area contributed by atoms with Gasteiger partial charge in [0.25, 0.3) is 5.69 Å². The average molecular weight is 305 g/mol. The van der Waals surface area contributed by atoms with E-state index < -0.39 is 7.25 Å². The number of nitrogens with zero attached hydrogens (tertiary/aromatic N) is 3. The summed E-state index contributed by atoms with van der Waals surface area (Å²) in [7, 11) is -4.05. The molecule has 114 valence electrons. The van der Waals surface area contributed by atoms with Crippen LogP contribution in [-0.4, -0.2) is 16.7 Å². The van der Waals surface area contributed by atoms with Crippen molar-refractivity contribution < 1.29 is 26.8 Å². The number of nitro groups is 1. The van der Waals surface area contributed by atoms with E-state index in [0.717, 1.165) is 12.1 Å². The molecule has 1 heterocycles. The van der Waals surface area contributed by atoms with Crippen LogP contribution in [0.1, 0.15) is 5.56 Å². The second-order valence-electron chi connectivity index (χ2n) is 4.17. The molecule has 10 heteroatoms. The fourth-order valence-electron chi connectivity index (χ4n) is 1.53. The third-order valence-electron chi connectivity index (χ3n) is 2.34. The van der Waals surface area contributed by atoms with Crippen molar-refractivity contribution in [2.75, 3.05) is 0 Å². The molecule has 0 bridgehead atoms. The van der Waals surface area contributed by atoms with Crippen molar-refractivity contribution in [2.24, 2.45) is 7.05 Å². The SMILES string of the molecule is C[n+]1ccn(Cc2ccc([N+](=O)[O-])cc2)c1.F[B-](F)(F)F. The zero-order valence-electron chi connectivity index (χ0n) is 11.0. The third-order valence-corrected chi connectivity index (χ3v) is 2.34. The van der Waals surface area contributed by atoms with Crippen LogP contribution < -0.4 is 4.57 Å². The van der Waals surface area contributed by atoms with Crippen molar-refractivity contribution in [3.05, 3.63) is 58.7 Å². The van der Waals surface area contributed by atoms with Crippen LogP contribution in [-0.2, 0) is 13.6 Å². The summed E-state index contributed by atoms with van der Waals surface area (Å²) in [5.74, 6) is 0. The van der Waals surface area contributed by atoms with Crippen LogP contribution >= 0.6 is 0 Å². The molecule has 0 saturated heterocycles. The number of aromatic nitrogens is 2. The van der Waals surface area contributed by atoms with Crippen LogP contribution in [0.25, 0.3) is 0 Å². The van der Waals surface area contributed by atoms with E-state index >= 15 is 0 Å². The Balaban J connectivity index is 0.000000383. The first-order chi connectivity index (χ1) is 9.65. The number of non-ortho nitro benzene ring substituents is 1. The second-order valence-corrected chi connectivity index (χ2v) is 4.17. The number of hydrogen-bond donors (Lipinski definition) is 0. The molecule has 0 aliphatic rings. The van der Waals surface area contributed by atoms with Gasteiger partial charge < -0.3 is 17.3 Å². The van der Waals surface area contributed by atoms with Crippen LogP contribution in [0.3, 0.4) is 0 Å². The van der Waals surface area contributed by atoms with E-state index in [1.165, 1.54) is 12.1 Å². The van der Waals surface area contributed by atoms with Crippen molar-refractivity contribution in [3.8, 4) is 0 Å². The lowest BCUT2D eigenvalue weighted by Crippen LogP contribution is -2.23. The monoisotopic (exact) mass is 305 g/mol. The zero-order chi connectivity index (χ0) is 16.0. The van der Waals surface area contributed by atoms with Gasteiger partial charge in [0.2, 0.25) is 6.33 Å². The summed E-state index contributed by atoms with van der Waals surface area (Å²) < 4.78 is 43.0. The van der Waals surface area contributed by atoms with E-state index in [-0.39, 0.29) is 10.6 Å². The minimum absolute atomic E-state index is 0.127. The molecule has 0 unspecified atom stereocenters. The first-order valence-electron chi connectivity index (χ1n) is 5.77. The summed E-state index contributed by atoms with van der Waals surface area (Å²) in [6, 6.07) is 6.61. The molecule has 0 fully saturated rings. The Morgan fingerprint density at radius 1 is 1.24 bits per heavy atom. The Morgan fingerprint density at radius 3 is 2.14 bits per heavy atom. The van der Waals surface area contributed by atoms with Gasteiger partial charge in [-0.1, -0.05) is 0 Å². The predicted octanol–water partition coefficient (Wildman–Crippen LogP) is 2.57. The molecule has 0 saturated carbocycles. The van der Waals surface area contributed by atoms with Gasteiger partial charge in [-0.15, -0.1) is 0 Å². The number of nitro benzene ring substituents is 1. The first-order valence-corrected chi connectivity index (χ1v) is 5.77. The van der Waals surface area contributed by atoms with Gasteiger partial charge in [0.1, 0.15) is 18.9 Å². The summed E-state index contributed by atoms with van der Waals surface area (Å²) >= 11 is 0. The topological polar surface area (TPSA) is 52.0 Å².